The van der Waals surface area contributed by atoms with Gasteiger partial charge in [-0.1, -0.05) is 6.92 Å². The maximum absolute atomic E-state index is 11.8. The predicted octanol–water partition coefficient (Wildman–Crippen LogP) is -2.10. The van der Waals surface area contributed by atoms with E-state index >= 15 is 0 Å². The average molecular weight is 421 g/mol. The number of nitrogens with zero attached hydrogens (tertiary/aromatic N) is 4. The average Bonchev–Trinajstić information content (AvgIpc) is 2.63. The summed E-state index contributed by atoms with van der Waals surface area (Å²) in [4.78, 5) is 24.6. The number of hydrogen-bond donors (Lipinski definition) is 6. The van der Waals surface area contributed by atoms with Crippen LogP contribution >= 0.6 is 0 Å². The number of aromatic nitrogens is 3. The number of aliphatic hydroxyl groups is 2. The van der Waals surface area contributed by atoms with Crippen LogP contribution in [0.25, 0.3) is 0 Å². The number of sulfonamides is 1. The van der Waals surface area contributed by atoms with E-state index in [-0.39, 0.29) is 63.0 Å². The second kappa shape index (κ2) is 12.2. The van der Waals surface area contributed by atoms with E-state index < -0.39 is 22.5 Å². The molecule has 160 valence electrons. The molecule has 13 nitrogen and oxygen atoms in total. The molecule has 1 rings (SSSR count). The summed E-state index contributed by atoms with van der Waals surface area (Å²) >= 11 is 0. The molecule has 0 aliphatic rings. The van der Waals surface area contributed by atoms with Crippen molar-refractivity contribution in [3.8, 4) is 0 Å². The van der Waals surface area contributed by atoms with Gasteiger partial charge in [-0.3, -0.25) is 4.79 Å². The van der Waals surface area contributed by atoms with E-state index in [1.165, 1.54) is 4.90 Å². The summed E-state index contributed by atoms with van der Waals surface area (Å²) in [6.07, 6.45) is 0.488. The SMILES string of the molecule is CCCS(=O)(=O)NCCN(CCO)c1nc(NCCO)nc(NCC(=O)O)n1. The molecule has 1 aromatic heterocycles. The van der Waals surface area contributed by atoms with Gasteiger partial charge < -0.3 is 30.9 Å². The molecule has 0 spiro atoms. The molecule has 0 saturated heterocycles. The quantitative estimate of drug-likeness (QED) is 0.181. The zero-order valence-corrected chi connectivity index (χ0v) is 16.4. The Morgan fingerprint density at radius 2 is 1.71 bits per heavy atom. The van der Waals surface area contributed by atoms with Crippen LogP contribution in [-0.2, 0) is 14.8 Å². The Labute approximate surface area is 163 Å². The van der Waals surface area contributed by atoms with Gasteiger partial charge in [0, 0.05) is 26.2 Å². The van der Waals surface area contributed by atoms with E-state index in [0.717, 1.165) is 0 Å². The number of carboxylic acids is 1. The molecule has 28 heavy (non-hydrogen) atoms. The number of anilines is 3. The number of aliphatic hydroxyl groups excluding tert-OH is 2. The van der Waals surface area contributed by atoms with Gasteiger partial charge in [-0.15, -0.1) is 0 Å². The largest absolute Gasteiger partial charge is 0.480 e. The Kier molecular flexibility index (Phi) is 10.4. The fourth-order valence-corrected chi connectivity index (χ4v) is 3.18. The van der Waals surface area contributed by atoms with Crippen LogP contribution in [-0.4, -0.2) is 96.3 Å². The number of carboxylic acid groups (broad SMARTS) is 1. The van der Waals surface area contributed by atoms with Crippen LogP contribution in [0, 0.1) is 0 Å². The van der Waals surface area contributed by atoms with Crippen molar-refractivity contribution in [2.75, 3.05) is 67.2 Å². The lowest BCUT2D eigenvalue weighted by Gasteiger charge is -2.22. The van der Waals surface area contributed by atoms with Gasteiger partial charge in [-0.2, -0.15) is 15.0 Å². The van der Waals surface area contributed by atoms with Crippen molar-refractivity contribution in [3.05, 3.63) is 0 Å². The number of rotatable bonds is 15. The highest BCUT2D eigenvalue weighted by molar-refractivity contribution is 7.89. The molecular weight excluding hydrogens is 394 g/mol. The molecular formula is C14H27N7O6S. The van der Waals surface area contributed by atoms with Gasteiger partial charge in [0.15, 0.2) is 0 Å². The first-order valence-corrected chi connectivity index (χ1v) is 10.4. The van der Waals surface area contributed by atoms with E-state index in [1.54, 1.807) is 6.92 Å². The standard InChI is InChI=1S/C14H27N7O6S/c1-2-9-28(26,27)17-3-5-21(6-8-23)14-19-12(15-4-7-22)18-13(20-14)16-10-11(24)25/h17,22-23H,2-10H2,1H3,(H,24,25)(H2,15,16,18,19,20). The van der Waals surface area contributed by atoms with Crippen LogP contribution in [0.3, 0.4) is 0 Å². The molecule has 0 aliphatic carbocycles. The lowest BCUT2D eigenvalue weighted by Crippen LogP contribution is -2.38. The second-order valence-electron chi connectivity index (χ2n) is 5.60. The molecule has 14 heteroatoms. The van der Waals surface area contributed by atoms with E-state index in [9.17, 15) is 18.3 Å². The van der Waals surface area contributed by atoms with Gasteiger partial charge in [-0.05, 0) is 6.42 Å². The van der Waals surface area contributed by atoms with Crippen molar-refractivity contribution in [1.29, 1.82) is 0 Å². The summed E-state index contributed by atoms with van der Waals surface area (Å²) in [5, 5.41) is 32.3. The number of carbonyl (C=O) groups is 1. The third-order valence-corrected chi connectivity index (χ3v) is 4.84. The fourth-order valence-electron chi connectivity index (χ4n) is 2.10. The molecule has 1 aromatic rings. The Morgan fingerprint density at radius 3 is 2.29 bits per heavy atom. The number of hydrogen-bond acceptors (Lipinski definition) is 11. The molecule has 1 heterocycles. The minimum Gasteiger partial charge on any atom is -0.480 e. The normalized spacial score (nSPS) is 11.2. The Hall–Kier alpha value is -2.29. The smallest absolute Gasteiger partial charge is 0.322 e. The Bertz CT molecular complexity index is 718. The molecule has 6 N–H and O–H groups in total. The maximum atomic E-state index is 11.8. The highest BCUT2D eigenvalue weighted by Gasteiger charge is 2.15. The maximum Gasteiger partial charge on any atom is 0.322 e. The molecule has 0 aliphatic heterocycles. The summed E-state index contributed by atoms with van der Waals surface area (Å²) in [5.74, 6) is -0.891. The monoisotopic (exact) mass is 421 g/mol. The lowest BCUT2D eigenvalue weighted by molar-refractivity contribution is -0.134. The van der Waals surface area contributed by atoms with Crippen molar-refractivity contribution in [2.24, 2.45) is 0 Å². The van der Waals surface area contributed by atoms with E-state index in [2.05, 4.69) is 30.3 Å². The molecule has 0 aromatic carbocycles. The first-order valence-electron chi connectivity index (χ1n) is 8.71. The number of nitrogens with one attached hydrogen (secondary N) is 3. The van der Waals surface area contributed by atoms with Crippen LogP contribution < -0.4 is 20.3 Å². The van der Waals surface area contributed by atoms with E-state index in [4.69, 9.17) is 10.2 Å². The van der Waals surface area contributed by atoms with Gasteiger partial charge >= 0.3 is 5.97 Å². The van der Waals surface area contributed by atoms with E-state index in [1.807, 2.05) is 0 Å². The minimum atomic E-state index is -3.38. The third kappa shape index (κ3) is 9.07. The van der Waals surface area contributed by atoms with E-state index in [0.29, 0.717) is 6.42 Å². The van der Waals surface area contributed by atoms with Gasteiger partial charge in [0.05, 0.1) is 19.0 Å². The van der Waals surface area contributed by atoms with Crippen molar-refractivity contribution >= 4 is 33.8 Å². The third-order valence-electron chi connectivity index (χ3n) is 3.25. The van der Waals surface area contributed by atoms with Gasteiger partial charge in [-0.25, -0.2) is 13.1 Å². The highest BCUT2D eigenvalue weighted by atomic mass is 32.2. The number of aliphatic carboxylic acids is 1. The minimum absolute atomic E-state index is 0.0112. The van der Waals surface area contributed by atoms with Crippen molar-refractivity contribution in [1.82, 2.24) is 19.7 Å². The topological polar surface area (TPSA) is 190 Å². The van der Waals surface area contributed by atoms with Crippen molar-refractivity contribution < 1.29 is 28.5 Å². The zero-order chi connectivity index (χ0) is 21.0. The Balaban J connectivity index is 2.96. The predicted molar refractivity (Wildman–Crippen MR) is 103 cm³/mol. The summed E-state index contributed by atoms with van der Waals surface area (Å²) in [6, 6.07) is 0. The molecule has 0 atom stereocenters. The van der Waals surface area contributed by atoms with Crippen molar-refractivity contribution in [3.63, 3.8) is 0 Å². The second-order valence-corrected chi connectivity index (χ2v) is 7.53. The van der Waals surface area contributed by atoms with Crippen LogP contribution in [0.4, 0.5) is 17.8 Å². The summed E-state index contributed by atoms with van der Waals surface area (Å²) in [6.45, 7) is 1.48. The summed E-state index contributed by atoms with van der Waals surface area (Å²) in [7, 11) is -3.38. The van der Waals surface area contributed by atoms with Gasteiger partial charge in [0.2, 0.25) is 27.9 Å². The lowest BCUT2D eigenvalue weighted by atomic mass is 10.5. The van der Waals surface area contributed by atoms with Crippen LogP contribution in [0.15, 0.2) is 0 Å². The van der Waals surface area contributed by atoms with Crippen LogP contribution in [0.5, 0.6) is 0 Å². The van der Waals surface area contributed by atoms with Crippen LogP contribution in [0.2, 0.25) is 0 Å². The Morgan fingerprint density at radius 1 is 1.04 bits per heavy atom. The molecule has 0 bridgehead atoms. The first kappa shape index (κ1) is 23.7. The van der Waals surface area contributed by atoms with Gasteiger partial charge in [0.1, 0.15) is 6.54 Å². The van der Waals surface area contributed by atoms with Crippen LogP contribution in [0.1, 0.15) is 13.3 Å². The molecule has 0 fully saturated rings. The molecule has 0 radical (unpaired) electrons. The van der Waals surface area contributed by atoms with Crippen molar-refractivity contribution in [2.45, 2.75) is 13.3 Å². The molecule has 0 unspecified atom stereocenters. The fraction of sp³-hybridized carbons (Fsp3) is 0.714. The molecule has 0 amide bonds. The molecule has 0 saturated carbocycles. The first-order chi connectivity index (χ1) is 13.3. The summed E-state index contributed by atoms with van der Waals surface area (Å²) < 4.78 is 26.0. The highest BCUT2D eigenvalue weighted by Crippen LogP contribution is 2.13. The van der Waals surface area contributed by atoms with Gasteiger partial charge in [0.25, 0.3) is 0 Å². The zero-order valence-electron chi connectivity index (χ0n) is 15.6. The summed E-state index contributed by atoms with van der Waals surface area (Å²) in [5.41, 5.74) is 0.